The van der Waals surface area contributed by atoms with E-state index in [0.29, 0.717) is 22.8 Å². The summed E-state index contributed by atoms with van der Waals surface area (Å²) in [5.41, 5.74) is 3.60. The van der Waals surface area contributed by atoms with E-state index in [-0.39, 0.29) is 11.9 Å². The summed E-state index contributed by atoms with van der Waals surface area (Å²) in [5, 5.41) is 10.7. The minimum Gasteiger partial charge on any atom is -0.486 e. The Hall–Kier alpha value is -2.60. The van der Waals surface area contributed by atoms with Gasteiger partial charge >= 0.3 is 5.97 Å². The molecule has 0 radical (unpaired) electrons. The van der Waals surface area contributed by atoms with Crippen LogP contribution < -0.4 is 20.7 Å². The highest BCUT2D eigenvalue weighted by atomic mass is 35.5. The van der Waals surface area contributed by atoms with E-state index in [1.165, 1.54) is 7.11 Å². The molecule has 7 heteroatoms. The van der Waals surface area contributed by atoms with Crippen LogP contribution in [0.15, 0.2) is 30.3 Å². The van der Waals surface area contributed by atoms with Crippen molar-refractivity contribution < 1.29 is 14.3 Å². The number of carbonyl (C=O) groups is 1. The van der Waals surface area contributed by atoms with Crippen molar-refractivity contribution >= 4 is 34.6 Å². The highest BCUT2D eigenvalue weighted by Gasteiger charge is 2.39. The van der Waals surface area contributed by atoms with Gasteiger partial charge < -0.3 is 25.4 Å². The lowest BCUT2D eigenvalue weighted by Crippen LogP contribution is -2.31. The van der Waals surface area contributed by atoms with Gasteiger partial charge in [0.15, 0.2) is 6.29 Å². The van der Waals surface area contributed by atoms with Crippen molar-refractivity contribution in [2.75, 3.05) is 23.1 Å². The van der Waals surface area contributed by atoms with E-state index in [0.717, 1.165) is 22.6 Å². The van der Waals surface area contributed by atoms with Crippen LogP contribution in [0.5, 0.6) is 5.75 Å². The number of hydrogen-bond donors (Lipinski definition) is 3. The molecule has 2 aliphatic heterocycles. The minimum atomic E-state index is -0.411. The number of esters is 1. The van der Waals surface area contributed by atoms with Crippen molar-refractivity contribution in [1.29, 1.82) is 0 Å². The van der Waals surface area contributed by atoms with Gasteiger partial charge in [0.1, 0.15) is 16.9 Å². The molecule has 4 rings (SSSR count). The monoisotopic (exact) mass is 373 g/mol. The Morgan fingerprint density at radius 1 is 1.35 bits per heavy atom. The average Bonchev–Trinajstić information content (AvgIpc) is 3.14. The summed E-state index contributed by atoms with van der Waals surface area (Å²) in [6.45, 7) is 4.00. The van der Waals surface area contributed by atoms with Crippen LogP contribution in [0, 0.1) is 0 Å². The topological polar surface area (TPSA) is 71.6 Å². The number of methoxy groups -OCH3 is 1. The molecule has 0 fully saturated rings. The summed E-state index contributed by atoms with van der Waals surface area (Å²) in [6, 6.07) is 9.30. The smallest absolute Gasteiger partial charge is 0.341 e. The fourth-order valence-electron chi connectivity index (χ4n) is 3.43. The van der Waals surface area contributed by atoms with Gasteiger partial charge in [-0.2, -0.15) is 0 Å². The van der Waals surface area contributed by atoms with Gasteiger partial charge in [-0.1, -0.05) is 23.7 Å². The van der Waals surface area contributed by atoms with Crippen LogP contribution in [0.4, 0.5) is 17.1 Å². The van der Waals surface area contributed by atoms with E-state index in [4.69, 9.17) is 21.1 Å². The number of para-hydroxylation sites is 1. The standard InChI is InChI=1S/C19H20ClN3O3/c1-19(2)9-11-15-14(8-10(16(11)26-19)17(24)25-3)22-18(23-15)21-13-7-5-4-6-12(13)20/h4-8,18,21-23H,9H2,1-3H3. The molecule has 136 valence electrons. The Kier molecular flexibility index (Phi) is 3.88. The molecule has 1 atom stereocenters. The van der Waals surface area contributed by atoms with Gasteiger partial charge in [-0.05, 0) is 32.0 Å². The Labute approximate surface area is 156 Å². The van der Waals surface area contributed by atoms with E-state index >= 15 is 0 Å². The van der Waals surface area contributed by atoms with Crippen molar-refractivity contribution in [2.45, 2.75) is 32.2 Å². The number of halogens is 1. The number of fused-ring (bicyclic) bond motifs is 3. The zero-order valence-electron chi connectivity index (χ0n) is 14.8. The number of benzene rings is 2. The van der Waals surface area contributed by atoms with Crippen molar-refractivity contribution in [3.8, 4) is 5.75 Å². The lowest BCUT2D eigenvalue weighted by atomic mass is 9.98. The van der Waals surface area contributed by atoms with Crippen molar-refractivity contribution in [3.05, 3.63) is 46.5 Å². The summed E-state index contributed by atoms with van der Waals surface area (Å²) >= 11 is 6.23. The molecule has 2 aromatic carbocycles. The molecule has 2 aromatic rings. The Bertz CT molecular complexity index is 898. The van der Waals surface area contributed by atoms with E-state index in [9.17, 15) is 4.79 Å². The molecule has 0 spiro atoms. The maximum atomic E-state index is 12.2. The number of anilines is 3. The Morgan fingerprint density at radius 2 is 2.12 bits per heavy atom. The Morgan fingerprint density at radius 3 is 2.85 bits per heavy atom. The molecule has 1 unspecified atom stereocenters. The second kappa shape index (κ2) is 5.99. The summed E-state index contributed by atoms with van der Waals surface area (Å²) in [4.78, 5) is 12.2. The SMILES string of the molecule is COC(=O)c1cc2c(c3c1OC(C)(C)C3)NC(Nc1ccccc1Cl)N2. The van der Waals surface area contributed by atoms with Crippen molar-refractivity contribution in [1.82, 2.24) is 0 Å². The normalized spacial score (nSPS) is 18.8. The van der Waals surface area contributed by atoms with Gasteiger partial charge in [-0.25, -0.2) is 4.79 Å². The van der Waals surface area contributed by atoms with Gasteiger partial charge in [0, 0.05) is 12.0 Å². The molecule has 2 heterocycles. The molecule has 26 heavy (non-hydrogen) atoms. The van der Waals surface area contributed by atoms with Gasteiger partial charge in [0.2, 0.25) is 0 Å². The van der Waals surface area contributed by atoms with E-state index in [1.54, 1.807) is 6.07 Å². The van der Waals surface area contributed by atoms with E-state index < -0.39 is 5.97 Å². The number of hydrogen-bond acceptors (Lipinski definition) is 6. The van der Waals surface area contributed by atoms with Crippen LogP contribution in [-0.2, 0) is 11.2 Å². The second-order valence-corrected chi connectivity index (χ2v) is 7.44. The number of rotatable bonds is 3. The second-order valence-electron chi connectivity index (χ2n) is 7.03. The van der Waals surface area contributed by atoms with Gasteiger partial charge in [-0.15, -0.1) is 0 Å². The summed E-state index contributed by atoms with van der Waals surface area (Å²) in [7, 11) is 1.37. The van der Waals surface area contributed by atoms with E-state index in [1.807, 2.05) is 38.1 Å². The first-order valence-electron chi connectivity index (χ1n) is 8.39. The average molecular weight is 374 g/mol. The fourth-order valence-corrected chi connectivity index (χ4v) is 3.62. The lowest BCUT2D eigenvalue weighted by Gasteiger charge is -2.18. The minimum absolute atomic E-state index is 0.259. The largest absolute Gasteiger partial charge is 0.486 e. The first-order chi connectivity index (χ1) is 12.4. The predicted octanol–water partition coefficient (Wildman–Crippen LogP) is 4.07. The first kappa shape index (κ1) is 16.8. The van der Waals surface area contributed by atoms with Gasteiger partial charge in [0.25, 0.3) is 0 Å². The molecule has 3 N–H and O–H groups in total. The van der Waals surface area contributed by atoms with Gasteiger partial charge in [-0.3, -0.25) is 0 Å². The van der Waals surface area contributed by atoms with E-state index in [2.05, 4.69) is 16.0 Å². The first-order valence-corrected chi connectivity index (χ1v) is 8.77. The van der Waals surface area contributed by atoms with Crippen LogP contribution in [-0.4, -0.2) is 25.0 Å². The van der Waals surface area contributed by atoms with Crippen LogP contribution in [0.25, 0.3) is 0 Å². The van der Waals surface area contributed by atoms with Crippen molar-refractivity contribution in [2.24, 2.45) is 0 Å². The van der Waals surface area contributed by atoms with Crippen LogP contribution in [0.1, 0.15) is 29.8 Å². The molecular weight excluding hydrogens is 354 g/mol. The molecule has 0 amide bonds. The quantitative estimate of drug-likeness (QED) is 0.704. The fraction of sp³-hybridized carbons (Fsp3) is 0.316. The maximum absolute atomic E-state index is 12.2. The van der Waals surface area contributed by atoms with Crippen LogP contribution in [0.2, 0.25) is 5.02 Å². The highest BCUT2D eigenvalue weighted by Crippen LogP contribution is 2.48. The van der Waals surface area contributed by atoms with Crippen LogP contribution in [0.3, 0.4) is 0 Å². The third-order valence-electron chi connectivity index (χ3n) is 4.53. The number of ether oxygens (including phenoxy) is 2. The zero-order chi connectivity index (χ0) is 18.5. The molecule has 0 aliphatic carbocycles. The highest BCUT2D eigenvalue weighted by molar-refractivity contribution is 6.33. The summed E-state index contributed by atoms with van der Waals surface area (Å²) in [6.07, 6.45) is 0.439. The molecule has 0 saturated carbocycles. The van der Waals surface area contributed by atoms with Crippen LogP contribution >= 0.6 is 11.6 Å². The molecule has 0 aromatic heterocycles. The molecule has 0 saturated heterocycles. The van der Waals surface area contributed by atoms with Gasteiger partial charge in [0.05, 0.1) is 29.2 Å². The van der Waals surface area contributed by atoms with Crippen molar-refractivity contribution in [3.63, 3.8) is 0 Å². The lowest BCUT2D eigenvalue weighted by molar-refractivity contribution is 0.0590. The third kappa shape index (κ3) is 2.80. The molecule has 2 aliphatic rings. The predicted molar refractivity (Wildman–Crippen MR) is 102 cm³/mol. The number of carbonyl (C=O) groups excluding carboxylic acids is 1. The third-order valence-corrected chi connectivity index (χ3v) is 4.86. The summed E-state index contributed by atoms with van der Waals surface area (Å²) < 4.78 is 11.0. The Balaban J connectivity index is 1.69. The zero-order valence-corrected chi connectivity index (χ0v) is 15.5. The molecule has 0 bridgehead atoms. The molecule has 6 nitrogen and oxygen atoms in total. The summed E-state index contributed by atoms with van der Waals surface area (Å²) in [5.74, 6) is 0.180. The number of nitrogens with one attached hydrogen (secondary N) is 3. The molecular formula is C19H20ClN3O3. The maximum Gasteiger partial charge on any atom is 0.341 e.